The van der Waals surface area contributed by atoms with Gasteiger partial charge in [-0.1, -0.05) is 42.5 Å². The van der Waals surface area contributed by atoms with E-state index in [-0.39, 0.29) is 5.78 Å². The van der Waals surface area contributed by atoms with Gasteiger partial charge < -0.3 is 5.32 Å². The molecule has 4 rings (SSSR count). The van der Waals surface area contributed by atoms with E-state index < -0.39 is 0 Å². The minimum Gasteiger partial charge on any atom is -0.354 e. The van der Waals surface area contributed by atoms with E-state index in [1.807, 2.05) is 48.5 Å². The third-order valence-corrected chi connectivity index (χ3v) is 3.93. The average molecular weight is 298 g/mol. The number of ketones is 1. The fraction of sp³-hybridized carbons (Fsp3) is 0. The van der Waals surface area contributed by atoms with Crippen LogP contribution in [0.3, 0.4) is 0 Å². The molecule has 0 amide bonds. The fourth-order valence-electron chi connectivity index (χ4n) is 2.76. The van der Waals surface area contributed by atoms with E-state index in [2.05, 4.69) is 16.4 Å². The Morgan fingerprint density at radius 3 is 2.57 bits per heavy atom. The van der Waals surface area contributed by atoms with Crippen molar-refractivity contribution in [3.8, 4) is 0 Å². The number of pyridine rings is 1. The summed E-state index contributed by atoms with van der Waals surface area (Å²) < 4.78 is 0. The van der Waals surface area contributed by atoms with Crippen molar-refractivity contribution in [2.24, 2.45) is 0 Å². The van der Waals surface area contributed by atoms with Crippen molar-refractivity contribution in [3.63, 3.8) is 0 Å². The predicted molar refractivity (Wildman–Crippen MR) is 92.8 cm³/mol. The number of anilines is 2. The summed E-state index contributed by atoms with van der Waals surface area (Å²) in [6, 6.07) is 17.4. The third-order valence-electron chi connectivity index (χ3n) is 3.93. The Hall–Kier alpha value is -3.20. The van der Waals surface area contributed by atoms with Gasteiger partial charge in [0.05, 0.1) is 5.69 Å². The Labute approximate surface area is 134 Å². The zero-order valence-electron chi connectivity index (χ0n) is 12.4. The highest BCUT2D eigenvalue weighted by Crippen LogP contribution is 2.33. The molecule has 3 nitrogen and oxygen atoms in total. The quantitative estimate of drug-likeness (QED) is 0.552. The summed E-state index contributed by atoms with van der Waals surface area (Å²) in [5.41, 5.74) is 5.16. The van der Waals surface area contributed by atoms with Crippen LogP contribution < -0.4 is 5.32 Å². The standard InChI is InChI=1S/C20H14N2O/c23-20(16-7-4-12-21-13-16)17-8-3-6-15-11-10-14-5-1-2-9-18(14)22-19(15)17/h1-13,22H. The maximum atomic E-state index is 12.8. The number of aromatic nitrogens is 1. The van der Waals surface area contributed by atoms with E-state index in [9.17, 15) is 4.79 Å². The van der Waals surface area contributed by atoms with Crippen molar-refractivity contribution in [2.75, 3.05) is 5.32 Å². The Balaban J connectivity index is 1.85. The smallest absolute Gasteiger partial charge is 0.196 e. The molecule has 0 saturated heterocycles. The molecule has 3 heteroatoms. The molecule has 0 unspecified atom stereocenters. The molecule has 0 bridgehead atoms. The lowest BCUT2D eigenvalue weighted by Crippen LogP contribution is -2.07. The van der Waals surface area contributed by atoms with Crippen LogP contribution in [0.15, 0.2) is 67.0 Å². The van der Waals surface area contributed by atoms with Gasteiger partial charge in [-0.25, -0.2) is 0 Å². The van der Waals surface area contributed by atoms with Crippen molar-refractivity contribution in [1.82, 2.24) is 4.98 Å². The largest absolute Gasteiger partial charge is 0.354 e. The highest BCUT2D eigenvalue weighted by molar-refractivity contribution is 6.14. The van der Waals surface area contributed by atoms with Crippen LogP contribution in [0, 0.1) is 0 Å². The lowest BCUT2D eigenvalue weighted by molar-refractivity contribution is 0.103. The first-order chi connectivity index (χ1) is 11.3. The van der Waals surface area contributed by atoms with Crippen LogP contribution in [0.5, 0.6) is 0 Å². The van der Waals surface area contributed by atoms with Gasteiger partial charge in [-0.3, -0.25) is 9.78 Å². The molecule has 1 aliphatic heterocycles. The normalized spacial score (nSPS) is 11.8. The fourth-order valence-corrected chi connectivity index (χ4v) is 2.76. The SMILES string of the molecule is O=C(c1cccnc1)c1cccc2c1Nc1ccccc1C=C2. The number of nitrogens with one attached hydrogen (secondary N) is 1. The molecule has 1 N–H and O–H groups in total. The Morgan fingerprint density at radius 2 is 1.70 bits per heavy atom. The van der Waals surface area contributed by atoms with Crippen molar-refractivity contribution >= 4 is 29.3 Å². The van der Waals surface area contributed by atoms with Crippen LogP contribution in [-0.2, 0) is 0 Å². The van der Waals surface area contributed by atoms with Gasteiger partial charge in [-0.05, 0) is 35.4 Å². The highest BCUT2D eigenvalue weighted by Gasteiger charge is 2.18. The van der Waals surface area contributed by atoms with E-state index in [0.29, 0.717) is 11.1 Å². The van der Waals surface area contributed by atoms with E-state index in [4.69, 9.17) is 0 Å². The molecule has 23 heavy (non-hydrogen) atoms. The molecule has 0 radical (unpaired) electrons. The molecular weight excluding hydrogens is 284 g/mol. The Kier molecular flexibility index (Phi) is 3.24. The second-order valence-corrected chi connectivity index (χ2v) is 5.39. The van der Waals surface area contributed by atoms with Crippen LogP contribution >= 0.6 is 0 Å². The molecule has 0 saturated carbocycles. The average Bonchev–Trinajstić information content (AvgIpc) is 2.81. The monoisotopic (exact) mass is 298 g/mol. The molecule has 2 aromatic carbocycles. The third kappa shape index (κ3) is 2.42. The zero-order chi connectivity index (χ0) is 15.6. The van der Waals surface area contributed by atoms with E-state index in [1.165, 1.54) is 0 Å². The van der Waals surface area contributed by atoms with E-state index in [1.54, 1.807) is 24.5 Å². The summed E-state index contributed by atoms with van der Waals surface area (Å²) in [6.07, 6.45) is 7.36. The first kappa shape index (κ1) is 13.5. The molecule has 0 aliphatic carbocycles. The minimum absolute atomic E-state index is 0.0322. The lowest BCUT2D eigenvalue weighted by atomic mass is 9.99. The van der Waals surface area contributed by atoms with Crippen LogP contribution in [0.25, 0.3) is 12.2 Å². The predicted octanol–water partition coefficient (Wildman–Crippen LogP) is 4.54. The number of rotatable bonds is 2. The summed E-state index contributed by atoms with van der Waals surface area (Å²) in [4.78, 5) is 16.9. The number of nitrogens with zero attached hydrogens (tertiary/aromatic N) is 1. The molecule has 1 aromatic heterocycles. The highest BCUT2D eigenvalue weighted by atomic mass is 16.1. The molecule has 110 valence electrons. The summed E-state index contributed by atoms with van der Waals surface area (Å²) in [5.74, 6) is -0.0322. The van der Waals surface area contributed by atoms with Gasteiger partial charge in [-0.15, -0.1) is 0 Å². The van der Waals surface area contributed by atoms with Gasteiger partial charge in [0, 0.05) is 29.2 Å². The van der Waals surface area contributed by atoms with Gasteiger partial charge in [-0.2, -0.15) is 0 Å². The van der Waals surface area contributed by atoms with Gasteiger partial charge in [0.1, 0.15) is 0 Å². The summed E-state index contributed by atoms with van der Waals surface area (Å²) in [7, 11) is 0. The van der Waals surface area contributed by atoms with Gasteiger partial charge in [0.25, 0.3) is 0 Å². The number of carbonyl (C=O) groups excluding carboxylic acids is 1. The molecule has 1 aliphatic rings. The molecular formula is C20H14N2O. The van der Waals surface area contributed by atoms with Crippen LogP contribution in [-0.4, -0.2) is 10.8 Å². The minimum atomic E-state index is -0.0322. The second kappa shape index (κ2) is 5.54. The van der Waals surface area contributed by atoms with Crippen LogP contribution in [0.2, 0.25) is 0 Å². The number of hydrogen-bond acceptors (Lipinski definition) is 3. The maximum Gasteiger partial charge on any atom is 0.196 e. The number of carbonyl (C=O) groups is 1. The lowest BCUT2D eigenvalue weighted by Gasteiger charge is -2.14. The van der Waals surface area contributed by atoms with Crippen LogP contribution in [0.4, 0.5) is 11.4 Å². The van der Waals surface area contributed by atoms with Gasteiger partial charge in [0.15, 0.2) is 5.78 Å². The molecule has 0 fully saturated rings. The summed E-state index contributed by atoms with van der Waals surface area (Å²) in [5, 5.41) is 3.42. The number of hydrogen-bond donors (Lipinski definition) is 1. The molecule has 0 atom stereocenters. The van der Waals surface area contributed by atoms with Crippen molar-refractivity contribution in [1.29, 1.82) is 0 Å². The van der Waals surface area contributed by atoms with Crippen molar-refractivity contribution in [3.05, 3.63) is 89.2 Å². The number of benzene rings is 2. The topological polar surface area (TPSA) is 42.0 Å². The van der Waals surface area contributed by atoms with Crippen molar-refractivity contribution in [2.45, 2.75) is 0 Å². The van der Waals surface area contributed by atoms with E-state index in [0.717, 1.165) is 22.5 Å². The van der Waals surface area contributed by atoms with E-state index >= 15 is 0 Å². The molecule has 2 heterocycles. The molecule has 3 aromatic rings. The molecule has 0 spiro atoms. The maximum absolute atomic E-state index is 12.8. The van der Waals surface area contributed by atoms with Crippen molar-refractivity contribution < 1.29 is 4.79 Å². The first-order valence-corrected chi connectivity index (χ1v) is 7.45. The van der Waals surface area contributed by atoms with Gasteiger partial charge >= 0.3 is 0 Å². The number of fused-ring (bicyclic) bond motifs is 2. The zero-order valence-corrected chi connectivity index (χ0v) is 12.4. The Morgan fingerprint density at radius 1 is 0.870 bits per heavy atom. The van der Waals surface area contributed by atoms with Gasteiger partial charge in [0.2, 0.25) is 0 Å². The summed E-state index contributed by atoms with van der Waals surface area (Å²) >= 11 is 0. The first-order valence-electron chi connectivity index (χ1n) is 7.45. The van der Waals surface area contributed by atoms with Crippen LogP contribution in [0.1, 0.15) is 27.0 Å². The second-order valence-electron chi connectivity index (χ2n) is 5.39. The Bertz CT molecular complexity index is 914. The number of para-hydroxylation sites is 2. The summed E-state index contributed by atoms with van der Waals surface area (Å²) in [6.45, 7) is 0.